The molecule has 23 heavy (non-hydrogen) atoms. The van der Waals surface area contributed by atoms with Gasteiger partial charge in [0.25, 0.3) is 11.8 Å². The van der Waals surface area contributed by atoms with Crippen molar-refractivity contribution in [3.8, 4) is 0 Å². The van der Waals surface area contributed by atoms with Gasteiger partial charge in [-0.25, -0.2) is 0 Å². The van der Waals surface area contributed by atoms with Crippen molar-refractivity contribution in [2.45, 2.75) is 32.6 Å². The molecule has 0 N–H and O–H groups in total. The Balaban J connectivity index is 1.53. The average Bonchev–Trinajstić information content (AvgIpc) is 2.80. The number of hydrogen-bond donors (Lipinski definition) is 0. The molecule has 2 aliphatic heterocycles. The van der Waals surface area contributed by atoms with Crippen LogP contribution in [-0.4, -0.2) is 47.2 Å². The van der Waals surface area contributed by atoms with Crippen LogP contribution in [0.1, 0.15) is 53.3 Å². The SMILES string of the molecule is C[C@@H]1CCCN(C(=O)CCCN2C(=O)c3ccccc3C2=O)C1. The summed E-state index contributed by atoms with van der Waals surface area (Å²) >= 11 is 0. The van der Waals surface area contributed by atoms with Gasteiger partial charge >= 0.3 is 0 Å². The predicted octanol–water partition coefficient (Wildman–Crippen LogP) is 2.32. The Morgan fingerprint density at radius 3 is 2.43 bits per heavy atom. The zero-order chi connectivity index (χ0) is 16.4. The highest BCUT2D eigenvalue weighted by molar-refractivity contribution is 6.21. The number of likely N-dealkylation sites (tertiary alicyclic amines) is 1. The third-order valence-corrected chi connectivity index (χ3v) is 4.66. The van der Waals surface area contributed by atoms with Gasteiger partial charge in [-0.3, -0.25) is 19.3 Å². The van der Waals surface area contributed by atoms with Gasteiger partial charge in [0, 0.05) is 26.1 Å². The van der Waals surface area contributed by atoms with E-state index in [1.807, 2.05) is 4.90 Å². The van der Waals surface area contributed by atoms with Gasteiger partial charge in [-0.05, 0) is 37.3 Å². The fraction of sp³-hybridized carbons (Fsp3) is 0.500. The molecule has 1 fully saturated rings. The maximum absolute atomic E-state index is 12.2. The molecule has 0 saturated carbocycles. The van der Waals surface area contributed by atoms with E-state index < -0.39 is 0 Å². The topological polar surface area (TPSA) is 57.7 Å². The van der Waals surface area contributed by atoms with E-state index in [9.17, 15) is 14.4 Å². The van der Waals surface area contributed by atoms with Crippen LogP contribution in [-0.2, 0) is 4.79 Å². The fourth-order valence-electron chi connectivity index (χ4n) is 3.40. The Labute approximate surface area is 136 Å². The molecule has 2 aliphatic rings. The van der Waals surface area contributed by atoms with Crippen molar-refractivity contribution >= 4 is 17.7 Å². The summed E-state index contributed by atoms with van der Waals surface area (Å²) in [7, 11) is 0. The minimum atomic E-state index is -0.246. The Morgan fingerprint density at radius 1 is 1.17 bits per heavy atom. The van der Waals surface area contributed by atoms with Crippen LogP contribution in [0.5, 0.6) is 0 Å². The molecule has 0 bridgehead atoms. The number of amides is 3. The van der Waals surface area contributed by atoms with Gasteiger partial charge in [0.2, 0.25) is 5.91 Å². The maximum Gasteiger partial charge on any atom is 0.261 e. The monoisotopic (exact) mass is 314 g/mol. The Morgan fingerprint density at radius 2 is 1.83 bits per heavy atom. The lowest BCUT2D eigenvalue weighted by atomic mass is 10.00. The molecule has 1 atom stereocenters. The van der Waals surface area contributed by atoms with Crippen LogP contribution in [0.2, 0.25) is 0 Å². The van der Waals surface area contributed by atoms with Crippen LogP contribution in [0.15, 0.2) is 24.3 Å². The lowest BCUT2D eigenvalue weighted by molar-refractivity contribution is -0.133. The van der Waals surface area contributed by atoms with Crippen LogP contribution < -0.4 is 0 Å². The van der Waals surface area contributed by atoms with Crippen molar-refractivity contribution in [3.63, 3.8) is 0 Å². The highest BCUT2D eigenvalue weighted by atomic mass is 16.2. The van der Waals surface area contributed by atoms with Crippen LogP contribution in [0.3, 0.4) is 0 Å². The van der Waals surface area contributed by atoms with Crippen molar-refractivity contribution in [3.05, 3.63) is 35.4 Å². The molecule has 0 spiro atoms. The summed E-state index contributed by atoms with van der Waals surface area (Å²) in [5.74, 6) is 0.200. The summed E-state index contributed by atoms with van der Waals surface area (Å²) < 4.78 is 0. The lowest BCUT2D eigenvalue weighted by Crippen LogP contribution is -2.39. The molecule has 0 aliphatic carbocycles. The number of fused-ring (bicyclic) bond motifs is 1. The highest BCUT2D eigenvalue weighted by Gasteiger charge is 2.34. The van der Waals surface area contributed by atoms with Gasteiger partial charge in [-0.2, -0.15) is 0 Å². The molecule has 3 amide bonds. The average molecular weight is 314 g/mol. The first-order valence-corrected chi connectivity index (χ1v) is 8.31. The van der Waals surface area contributed by atoms with E-state index in [0.717, 1.165) is 19.5 Å². The third-order valence-electron chi connectivity index (χ3n) is 4.66. The van der Waals surface area contributed by atoms with Crippen molar-refractivity contribution in [1.29, 1.82) is 0 Å². The van der Waals surface area contributed by atoms with Crippen LogP contribution >= 0.6 is 0 Å². The van der Waals surface area contributed by atoms with Crippen LogP contribution in [0.25, 0.3) is 0 Å². The highest BCUT2D eigenvalue weighted by Crippen LogP contribution is 2.23. The predicted molar refractivity (Wildman–Crippen MR) is 86.0 cm³/mol. The number of rotatable bonds is 4. The zero-order valence-electron chi connectivity index (χ0n) is 13.5. The summed E-state index contributed by atoms with van der Waals surface area (Å²) in [4.78, 5) is 39.9. The van der Waals surface area contributed by atoms with E-state index in [2.05, 4.69) is 6.92 Å². The molecule has 5 heteroatoms. The number of carbonyl (C=O) groups excluding carboxylic acids is 3. The molecule has 5 nitrogen and oxygen atoms in total. The molecule has 1 aromatic carbocycles. The largest absolute Gasteiger partial charge is 0.342 e. The first-order valence-electron chi connectivity index (χ1n) is 8.31. The molecular weight excluding hydrogens is 292 g/mol. The number of nitrogens with zero attached hydrogens (tertiary/aromatic N) is 2. The zero-order valence-corrected chi connectivity index (χ0v) is 13.5. The van der Waals surface area contributed by atoms with E-state index in [1.165, 1.54) is 11.3 Å². The van der Waals surface area contributed by atoms with Crippen molar-refractivity contribution in [2.75, 3.05) is 19.6 Å². The summed E-state index contributed by atoms with van der Waals surface area (Å²) in [5.41, 5.74) is 0.933. The van der Waals surface area contributed by atoms with Crippen molar-refractivity contribution in [2.24, 2.45) is 5.92 Å². The first-order chi connectivity index (χ1) is 11.1. The Kier molecular flexibility index (Phi) is 4.46. The molecule has 0 aromatic heterocycles. The molecule has 0 radical (unpaired) electrons. The van der Waals surface area contributed by atoms with Crippen LogP contribution in [0, 0.1) is 5.92 Å². The standard InChI is InChI=1S/C18H22N2O3/c1-13-6-4-10-19(12-13)16(21)9-5-11-20-17(22)14-7-2-3-8-15(14)18(20)23/h2-3,7-8,13H,4-6,9-12H2,1H3/t13-/m1/s1. The summed E-state index contributed by atoms with van der Waals surface area (Å²) in [6.45, 7) is 4.13. The molecule has 3 rings (SSSR count). The van der Waals surface area contributed by atoms with Gasteiger partial charge < -0.3 is 4.90 Å². The van der Waals surface area contributed by atoms with Gasteiger partial charge in [0.1, 0.15) is 0 Å². The van der Waals surface area contributed by atoms with E-state index >= 15 is 0 Å². The smallest absolute Gasteiger partial charge is 0.261 e. The molecule has 2 heterocycles. The second-order valence-electron chi connectivity index (χ2n) is 6.50. The first kappa shape index (κ1) is 15.7. The number of hydrogen-bond acceptors (Lipinski definition) is 3. The normalized spacial score (nSPS) is 20.8. The van der Waals surface area contributed by atoms with Gasteiger partial charge in [-0.1, -0.05) is 19.1 Å². The summed E-state index contributed by atoms with van der Waals surface area (Å²) in [6.07, 6.45) is 3.15. The van der Waals surface area contributed by atoms with Crippen LogP contribution in [0.4, 0.5) is 0 Å². The summed E-state index contributed by atoms with van der Waals surface area (Å²) in [6, 6.07) is 6.87. The lowest BCUT2D eigenvalue weighted by Gasteiger charge is -2.31. The second-order valence-corrected chi connectivity index (χ2v) is 6.50. The van der Waals surface area contributed by atoms with Gasteiger partial charge in [0.15, 0.2) is 0 Å². The molecular formula is C18H22N2O3. The van der Waals surface area contributed by atoms with E-state index in [4.69, 9.17) is 0 Å². The Hall–Kier alpha value is -2.17. The molecule has 122 valence electrons. The quantitative estimate of drug-likeness (QED) is 0.801. The molecule has 1 aromatic rings. The van der Waals surface area contributed by atoms with E-state index in [1.54, 1.807) is 24.3 Å². The van der Waals surface area contributed by atoms with Crippen molar-refractivity contribution in [1.82, 2.24) is 9.80 Å². The second kappa shape index (κ2) is 6.52. The van der Waals surface area contributed by atoms with Crippen molar-refractivity contribution < 1.29 is 14.4 Å². The number of piperidine rings is 1. The molecule has 0 unspecified atom stereocenters. The minimum Gasteiger partial charge on any atom is -0.342 e. The van der Waals surface area contributed by atoms with E-state index in [0.29, 0.717) is 36.4 Å². The van der Waals surface area contributed by atoms with E-state index in [-0.39, 0.29) is 17.7 Å². The fourth-order valence-corrected chi connectivity index (χ4v) is 3.40. The Bertz CT molecular complexity index is 606. The third kappa shape index (κ3) is 3.14. The molecule has 1 saturated heterocycles. The number of imide groups is 1. The number of benzene rings is 1. The minimum absolute atomic E-state index is 0.133. The summed E-state index contributed by atoms with van der Waals surface area (Å²) in [5, 5.41) is 0. The van der Waals surface area contributed by atoms with Gasteiger partial charge in [0.05, 0.1) is 11.1 Å². The van der Waals surface area contributed by atoms with Gasteiger partial charge in [-0.15, -0.1) is 0 Å². The maximum atomic E-state index is 12.2. The number of carbonyl (C=O) groups is 3.